The molecule has 1 aliphatic rings. The van der Waals surface area contributed by atoms with E-state index in [2.05, 4.69) is 4.90 Å². The predicted octanol–water partition coefficient (Wildman–Crippen LogP) is 2.53. The van der Waals surface area contributed by atoms with Crippen LogP contribution in [0.3, 0.4) is 0 Å². The normalized spacial score (nSPS) is 19.2. The van der Waals surface area contributed by atoms with E-state index < -0.39 is 0 Å². The van der Waals surface area contributed by atoms with Gasteiger partial charge in [-0.3, -0.25) is 4.90 Å². The van der Waals surface area contributed by atoms with E-state index in [0.717, 1.165) is 24.6 Å². The summed E-state index contributed by atoms with van der Waals surface area (Å²) in [5.41, 5.74) is 6.45. The summed E-state index contributed by atoms with van der Waals surface area (Å²) in [6.07, 6.45) is 0. The molecule has 1 aromatic rings. The summed E-state index contributed by atoms with van der Waals surface area (Å²) >= 11 is 7.69. The second kappa shape index (κ2) is 6.05. The minimum atomic E-state index is -0.258. The molecule has 2 N–H and O–H groups in total. The number of halogens is 2. The van der Waals surface area contributed by atoms with Gasteiger partial charge in [-0.25, -0.2) is 4.39 Å². The van der Waals surface area contributed by atoms with Crippen molar-refractivity contribution in [3.05, 3.63) is 34.6 Å². The Bertz CT molecular complexity index is 383. The van der Waals surface area contributed by atoms with Gasteiger partial charge < -0.3 is 5.73 Å². The zero-order chi connectivity index (χ0) is 12.3. The SMILES string of the molecule is NCC(c1ccc(Cl)cc1F)N1CCSCC1. The molecule has 1 aliphatic heterocycles. The molecule has 2 nitrogen and oxygen atoms in total. The van der Waals surface area contributed by atoms with Gasteiger partial charge in [0.25, 0.3) is 0 Å². The number of hydrogen-bond donors (Lipinski definition) is 1. The molecule has 0 radical (unpaired) electrons. The molecule has 1 saturated heterocycles. The second-order valence-corrected chi connectivity index (χ2v) is 5.73. The van der Waals surface area contributed by atoms with Gasteiger partial charge in [0, 0.05) is 47.8 Å². The Balaban J connectivity index is 2.21. The first kappa shape index (κ1) is 13.1. The van der Waals surface area contributed by atoms with Crippen molar-refractivity contribution in [1.29, 1.82) is 0 Å². The van der Waals surface area contributed by atoms with Crippen molar-refractivity contribution in [2.75, 3.05) is 31.1 Å². The maximum atomic E-state index is 13.9. The molecule has 1 heterocycles. The topological polar surface area (TPSA) is 29.3 Å². The van der Waals surface area contributed by atoms with Gasteiger partial charge >= 0.3 is 0 Å². The second-order valence-electron chi connectivity index (χ2n) is 4.07. The molecule has 0 spiro atoms. The first-order chi connectivity index (χ1) is 8.22. The molecule has 1 aromatic carbocycles. The third-order valence-corrected chi connectivity index (χ3v) is 4.21. The fourth-order valence-corrected chi connectivity index (χ4v) is 3.22. The van der Waals surface area contributed by atoms with E-state index in [1.165, 1.54) is 6.07 Å². The smallest absolute Gasteiger partial charge is 0.129 e. The van der Waals surface area contributed by atoms with Crippen LogP contribution in [0.5, 0.6) is 0 Å². The number of rotatable bonds is 3. The van der Waals surface area contributed by atoms with Crippen LogP contribution in [0.2, 0.25) is 5.02 Å². The van der Waals surface area contributed by atoms with Crippen molar-refractivity contribution in [2.45, 2.75) is 6.04 Å². The Morgan fingerprint density at radius 3 is 2.71 bits per heavy atom. The number of nitrogens with two attached hydrogens (primary N) is 1. The van der Waals surface area contributed by atoms with Gasteiger partial charge in [0.2, 0.25) is 0 Å². The summed E-state index contributed by atoms with van der Waals surface area (Å²) in [5.74, 6) is 1.92. The van der Waals surface area contributed by atoms with Gasteiger partial charge in [0.05, 0.1) is 0 Å². The van der Waals surface area contributed by atoms with E-state index in [9.17, 15) is 4.39 Å². The van der Waals surface area contributed by atoms with Crippen LogP contribution in [-0.4, -0.2) is 36.0 Å². The molecule has 2 rings (SSSR count). The van der Waals surface area contributed by atoms with Crippen LogP contribution in [0.1, 0.15) is 11.6 Å². The molecule has 94 valence electrons. The molecule has 17 heavy (non-hydrogen) atoms. The van der Waals surface area contributed by atoms with Gasteiger partial charge in [0.1, 0.15) is 5.82 Å². The minimum absolute atomic E-state index is 0.0341. The lowest BCUT2D eigenvalue weighted by atomic mass is 10.0. The minimum Gasteiger partial charge on any atom is -0.329 e. The maximum Gasteiger partial charge on any atom is 0.129 e. The predicted molar refractivity (Wildman–Crippen MR) is 72.1 cm³/mol. The fourth-order valence-electron chi connectivity index (χ4n) is 2.13. The third kappa shape index (κ3) is 3.13. The van der Waals surface area contributed by atoms with Crippen molar-refractivity contribution in [1.82, 2.24) is 4.90 Å². The average Bonchev–Trinajstić information content (AvgIpc) is 2.34. The van der Waals surface area contributed by atoms with Crippen LogP contribution in [0, 0.1) is 5.82 Å². The third-order valence-electron chi connectivity index (χ3n) is 3.03. The van der Waals surface area contributed by atoms with Crippen molar-refractivity contribution >= 4 is 23.4 Å². The molecule has 1 atom stereocenters. The van der Waals surface area contributed by atoms with Crippen LogP contribution in [0.15, 0.2) is 18.2 Å². The van der Waals surface area contributed by atoms with Crippen LogP contribution in [0.25, 0.3) is 0 Å². The highest BCUT2D eigenvalue weighted by molar-refractivity contribution is 7.99. The zero-order valence-electron chi connectivity index (χ0n) is 9.53. The standard InChI is InChI=1S/C12H16ClFN2S/c13-9-1-2-10(11(14)7-9)12(8-15)16-3-5-17-6-4-16/h1-2,7,12H,3-6,8,15H2. The van der Waals surface area contributed by atoms with Gasteiger partial charge in [-0.05, 0) is 12.1 Å². The van der Waals surface area contributed by atoms with Crippen molar-refractivity contribution in [3.63, 3.8) is 0 Å². The largest absolute Gasteiger partial charge is 0.329 e. The number of benzene rings is 1. The summed E-state index contributed by atoms with van der Waals surface area (Å²) in [6.45, 7) is 2.37. The Hall–Kier alpha value is -0.290. The molecule has 0 bridgehead atoms. The van der Waals surface area contributed by atoms with Crippen molar-refractivity contribution in [3.8, 4) is 0 Å². The molecule has 0 amide bonds. The average molecular weight is 275 g/mol. The van der Waals surface area contributed by atoms with Crippen LogP contribution in [-0.2, 0) is 0 Å². The van der Waals surface area contributed by atoms with E-state index in [1.807, 2.05) is 11.8 Å². The highest BCUT2D eigenvalue weighted by Gasteiger charge is 2.23. The molecule has 5 heteroatoms. The lowest BCUT2D eigenvalue weighted by Crippen LogP contribution is -2.39. The molecule has 1 fully saturated rings. The van der Waals surface area contributed by atoms with Crippen molar-refractivity contribution in [2.24, 2.45) is 5.73 Å². The monoisotopic (exact) mass is 274 g/mol. The Kier molecular flexibility index (Phi) is 4.68. The van der Waals surface area contributed by atoms with E-state index in [4.69, 9.17) is 17.3 Å². The molecular formula is C12H16ClFN2S. The molecular weight excluding hydrogens is 259 g/mol. The summed E-state index contributed by atoms with van der Waals surface area (Å²) in [4.78, 5) is 2.25. The summed E-state index contributed by atoms with van der Waals surface area (Å²) in [7, 11) is 0. The van der Waals surface area contributed by atoms with Gasteiger partial charge in [-0.2, -0.15) is 11.8 Å². The Labute approximate surface area is 110 Å². The van der Waals surface area contributed by atoms with Crippen LogP contribution in [0.4, 0.5) is 4.39 Å². The maximum absolute atomic E-state index is 13.9. The number of nitrogens with zero attached hydrogens (tertiary/aromatic N) is 1. The zero-order valence-corrected chi connectivity index (χ0v) is 11.1. The number of hydrogen-bond acceptors (Lipinski definition) is 3. The van der Waals surface area contributed by atoms with Crippen LogP contribution >= 0.6 is 23.4 Å². The van der Waals surface area contributed by atoms with Gasteiger partial charge in [-0.15, -0.1) is 0 Å². The molecule has 1 unspecified atom stereocenters. The van der Waals surface area contributed by atoms with Gasteiger partial charge in [-0.1, -0.05) is 17.7 Å². The highest BCUT2D eigenvalue weighted by Crippen LogP contribution is 2.26. The summed E-state index contributed by atoms with van der Waals surface area (Å²) < 4.78 is 13.9. The van der Waals surface area contributed by atoms with Gasteiger partial charge in [0.15, 0.2) is 0 Å². The highest BCUT2D eigenvalue weighted by atomic mass is 35.5. The van der Waals surface area contributed by atoms with Crippen molar-refractivity contribution < 1.29 is 4.39 Å². The Morgan fingerprint density at radius 1 is 1.41 bits per heavy atom. The first-order valence-electron chi connectivity index (χ1n) is 5.69. The summed E-state index contributed by atoms with van der Waals surface area (Å²) in [6, 6.07) is 4.80. The molecule has 0 aliphatic carbocycles. The fraction of sp³-hybridized carbons (Fsp3) is 0.500. The molecule has 0 aromatic heterocycles. The number of thioether (sulfide) groups is 1. The first-order valence-corrected chi connectivity index (χ1v) is 7.22. The summed E-state index contributed by atoms with van der Waals surface area (Å²) in [5, 5.41) is 0.427. The lowest BCUT2D eigenvalue weighted by molar-refractivity contribution is 0.219. The van der Waals surface area contributed by atoms with E-state index in [1.54, 1.807) is 12.1 Å². The quantitative estimate of drug-likeness (QED) is 0.918. The van der Waals surface area contributed by atoms with E-state index >= 15 is 0 Å². The van der Waals surface area contributed by atoms with Crippen LogP contribution < -0.4 is 5.73 Å². The molecule has 0 saturated carbocycles. The van der Waals surface area contributed by atoms with E-state index in [0.29, 0.717) is 17.1 Å². The Morgan fingerprint density at radius 2 is 2.12 bits per heavy atom. The lowest BCUT2D eigenvalue weighted by Gasteiger charge is -2.34. The van der Waals surface area contributed by atoms with E-state index in [-0.39, 0.29) is 11.9 Å².